The largest absolute Gasteiger partial charge is 0.421 e. The molecule has 0 spiro atoms. The van der Waals surface area contributed by atoms with Crippen molar-refractivity contribution in [1.82, 2.24) is 15.2 Å². The smallest absolute Gasteiger partial charge is 0.410 e. The number of halogens is 7. The molecule has 1 unspecified atom stereocenters. The lowest BCUT2D eigenvalue weighted by atomic mass is 9.64. The maximum Gasteiger partial charge on any atom is 0.421 e. The number of carbonyl (C=O) groups is 1. The Morgan fingerprint density at radius 3 is 2.24 bits per heavy atom. The summed E-state index contributed by atoms with van der Waals surface area (Å²) in [6, 6.07) is 12.7. The summed E-state index contributed by atoms with van der Waals surface area (Å²) in [5, 5.41) is 0.673. The number of para-hydroxylation sites is 1. The molecule has 0 bridgehead atoms. The lowest BCUT2D eigenvalue weighted by molar-refractivity contribution is -0.337. The molecule has 3 heterocycles. The van der Waals surface area contributed by atoms with E-state index in [0.29, 0.717) is 22.6 Å². The molecule has 1 aliphatic rings. The highest BCUT2D eigenvalue weighted by atomic mass is 32.1. The van der Waals surface area contributed by atoms with Gasteiger partial charge in [-0.3, -0.25) is 15.2 Å². The van der Waals surface area contributed by atoms with Crippen LogP contribution in [0.3, 0.4) is 0 Å². The molecule has 1 aliphatic heterocycles. The topological polar surface area (TPSA) is 54.5 Å². The van der Waals surface area contributed by atoms with Gasteiger partial charge in [0.1, 0.15) is 5.75 Å². The van der Waals surface area contributed by atoms with E-state index in [1.165, 1.54) is 35.6 Å². The first-order valence-corrected chi connectivity index (χ1v) is 13.9. The molecule has 1 N–H and O–H groups in total. The number of nitrogens with one attached hydrogen (secondary N) is 1. The number of carbonyl (C=O) groups excluding carboxylic acids is 1. The lowest BCUT2D eigenvalue weighted by Crippen LogP contribution is -2.76. The molecular weight excluding hydrogens is 587 g/mol. The zero-order valence-electron chi connectivity index (χ0n) is 23.1. The maximum atomic E-state index is 15.1. The Balaban J connectivity index is 1.81. The monoisotopic (exact) mass is 617 g/mol. The minimum absolute atomic E-state index is 0.136. The van der Waals surface area contributed by atoms with Crippen molar-refractivity contribution in [2.75, 3.05) is 13.1 Å². The molecule has 0 radical (unpaired) electrons. The third-order valence-electron chi connectivity index (χ3n) is 8.13. The zero-order chi connectivity index (χ0) is 31.0. The molecule has 1 atom stereocenters. The number of hydrogen-bond donors (Lipinski definition) is 1. The molecule has 13 heteroatoms. The van der Waals surface area contributed by atoms with E-state index < -0.39 is 59.5 Å². The van der Waals surface area contributed by atoms with Crippen LogP contribution >= 0.6 is 11.3 Å². The summed E-state index contributed by atoms with van der Waals surface area (Å²) < 4.78 is 109. The quantitative estimate of drug-likeness (QED) is 0.262. The summed E-state index contributed by atoms with van der Waals surface area (Å²) in [7, 11) is 0. The fraction of sp³-hybridized carbons (Fsp3) is 0.448. The van der Waals surface area contributed by atoms with Gasteiger partial charge in [0.2, 0.25) is 5.54 Å². The van der Waals surface area contributed by atoms with Crippen LogP contribution in [0.1, 0.15) is 42.8 Å². The van der Waals surface area contributed by atoms with Crippen LogP contribution in [0.15, 0.2) is 60.8 Å². The number of thiophene rings is 1. The summed E-state index contributed by atoms with van der Waals surface area (Å²) in [5.74, 6) is -0.225. The second kappa shape index (κ2) is 11.5. The van der Waals surface area contributed by atoms with Gasteiger partial charge in [-0.2, -0.15) is 30.7 Å². The molecule has 1 fully saturated rings. The van der Waals surface area contributed by atoms with Gasteiger partial charge in [0.05, 0.1) is 0 Å². The van der Waals surface area contributed by atoms with Gasteiger partial charge in [-0.15, -0.1) is 11.3 Å². The second-order valence-corrected chi connectivity index (χ2v) is 12.1. The molecule has 42 heavy (non-hydrogen) atoms. The van der Waals surface area contributed by atoms with E-state index in [1.807, 2.05) is 0 Å². The van der Waals surface area contributed by atoms with Crippen molar-refractivity contribution in [3.8, 4) is 5.75 Å². The number of amides is 1. The van der Waals surface area contributed by atoms with Gasteiger partial charge in [-0.05, 0) is 82.5 Å². The Morgan fingerprint density at radius 1 is 1.02 bits per heavy atom. The molecule has 2 aromatic heterocycles. The van der Waals surface area contributed by atoms with Crippen molar-refractivity contribution in [1.29, 1.82) is 0 Å². The average Bonchev–Trinajstić information content (AvgIpc) is 3.53. The second-order valence-electron chi connectivity index (χ2n) is 11.0. The van der Waals surface area contributed by atoms with Crippen LogP contribution in [-0.4, -0.2) is 47.0 Å². The summed E-state index contributed by atoms with van der Waals surface area (Å²) in [4.78, 5) is 18.9. The number of hydrogen-bond acceptors (Lipinski definition) is 5. The summed E-state index contributed by atoms with van der Waals surface area (Å²) in [5.41, 5.74) is -7.00. The number of nitrogens with zero attached hydrogens (tertiary/aromatic N) is 2. The number of likely N-dealkylation sites (tertiary alicyclic amines) is 1. The molecule has 3 aromatic rings. The van der Waals surface area contributed by atoms with Gasteiger partial charge in [0.25, 0.3) is 0 Å². The standard InChI is InChI=1S/C29H30F7N3O2S/c1-19-9-10-20(17-37-19)25(2,3)39-16-15-26(18-39,14-13-22-11-12-23(30)42-22)27(28(31,32)33,29(34,35)36)38-24(40)41-21-7-5-4-6-8-21/h4-12,17H,13-16,18H2,1-3H3,(H,38,40). The van der Waals surface area contributed by atoms with E-state index >= 15 is 26.3 Å². The van der Waals surface area contributed by atoms with Gasteiger partial charge >= 0.3 is 18.4 Å². The van der Waals surface area contributed by atoms with Crippen molar-refractivity contribution >= 4 is 17.4 Å². The Kier molecular flexibility index (Phi) is 8.67. The predicted molar refractivity (Wildman–Crippen MR) is 144 cm³/mol. The Bertz CT molecular complexity index is 1360. The normalized spacial score (nSPS) is 18.7. The predicted octanol–water partition coefficient (Wildman–Crippen LogP) is 7.80. The fourth-order valence-electron chi connectivity index (χ4n) is 5.72. The van der Waals surface area contributed by atoms with Gasteiger partial charge in [-0.25, -0.2) is 4.79 Å². The molecule has 1 aromatic carbocycles. The van der Waals surface area contributed by atoms with Crippen molar-refractivity contribution in [2.45, 2.75) is 63.5 Å². The fourth-order valence-corrected chi connectivity index (χ4v) is 6.45. The third kappa shape index (κ3) is 5.98. The van der Waals surface area contributed by atoms with Crippen molar-refractivity contribution in [3.63, 3.8) is 0 Å². The highest BCUT2D eigenvalue weighted by molar-refractivity contribution is 7.10. The van der Waals surface area contributed by atoms with Crippen molar-refractivity contribution in [3.05, 3.63) is 82.1 Å². The first kappa shape index (κ1) is 31.7. The average molecular weight is 618 g/mol. The minimum Gasteiger partial charge on any atom is -0.410 e. The molecule has 1 amide bonds. The molecule has 0 aliphatic carbocycles. The molecule has 0 saturated carbocycles. The Morgan fingerprint density at radius 2 is 1.69 bits per heavy atom. The highest BCUT2D eigenvalue weighted by Crippen LogP contribution is 2.59. The number of rotatable bonds is 8. The first-order valence-electron chi connectivity index (χ1n) is 13.1. The Labute approximate surface area is 242 Å². The number of benzene rings is 1. The number of aromatic nitrogens is 1. The van der Waals surface area contributed by atoms with Gasteiger partial charge in [0, 0.05) is 34.3 Å². The van der Waals surface area contributed by atoms with Gasteiger partial charge in [-0.1, -0.05) is 24.3 Å². The number of ether oxygens (including phenoxy) is 1. The Hall–Kier alpha value is -3.19. The van der Waals surface area contributed by atoms with E-state index in [-0.39, 0.29) is 23.6 Å². The molecule has 228 valence electrons. The van der Waals surface area contributed by atoms with E-state index in [2.05, 4.69) is 4.98 Å². The number of pyridine rings is 1. The summed E-state index contributed by atoms with van der Waals surface area (Å²) >= 11 is 0.653. The van der Waals surface area contributed by atoms with Crippen LogP contribution in [0.4, 0.5) is 35.5 Å². The van der Waals surface area contributed by atoms with Crippen LogP contribution in [0.25, 0.3) is 0 Å². The number of alkyl halides is 6. The van der Waals surface area contributed by atoms with Crippen molar-refractivity contribution < 1.29 is 40.3 Å². The van der Waals surface area contributed by atoms with Crippen LogP contribution in [0, 0.1) is 17.5 Å². The van der Waals surface area contributed by atoms with E-state index in [0.717, 1.165) is 6.07 Å². The van der Waals surface area contributed by atoms with Crippen LogP contribution < -0.4 is 10.1 Å². The zero-order valence-corrected chi connectivity index (χ0v) is 23.9. The first-order chi connectivity index (χ1) is 19.5. The molecule has 4 rings (SSSR count). The molecule has 5 nitrogen and oxygen atoms in total. The van der Waals surface area contributed by atoms with E-state index in [1.54, 1.807) is 50.1 Å². The van der Waals surface area contributed by atoms with Gasteiger partial charge in [0.15, 0.2) is 5.13 Å². The highest BCUT2D eigenvalue weighted by Gasteiger charge is 2.81. The van der Waals surface area contributed by atoms with Crippen molar-refractivity contribution in [2.24, 2.45) is 5.41 Å². The van der Waals surface area contributed by atoms with E-state index in [9.17, 15) is 9.18 Å². The molecule has 1 saturated heterocycles. The SMILES string of the molecule is Cc1ccc(C(C)(C)N2CCC(CCc3ccc(F)s3)(C(NC(=O)Oc3ccccc3)(C(F)(F)F)C(F)(F)F)C2)cn1. The number of aryl methyl sites for hydroxylation is 2. The maximum absolute atomic E-state index is 15.1. The van der Waals surface area contributed by atoms with Crippen LogP contribution in [0.5, 0.6) is 5.75 Å². The molecular formula is C29H30F7N3O2S. The van der Waals surface area contributed by atoms with Crippen LogP contribution in [-0.2, 0) is 12.0 Å². The third-order valence-corrected chi connectivity index (χ3v) is 9.06. The summed E-state index contributed by atoms with van der Waals surface area (Å²) in [6.45, 7) is 4.34. The van der Waals surface area contributed by atoms with Crippen LogP contribution in [0.2, 0.25) is 0 Å². The summed E-state index contributed by atoms with van der Waals surface area (Å²) in [6.07, 6.45) is -13.8. The van der Waals surface area contributed by atoms with E-state index in [4.69, 9.17) is 4.74 Å². The minimum atomic E-state index is -5.98. The lowest BCUT2D eigenvalue weighted by Gasteiger charge is -2.50. The van der Waals surface area contributed by atoms with Gasteiger partial charge < -0.3 is 4.74 Å².